The number of nitrogens with zero attached hydrogens (tertiary/aromatic N) is 1. The first-order chi connectivity index (χ1) is 9.29. The van der Waals surface area contributed by atoms with Crippen LogP contribution in [0.2, 0.25) is 0 Å². The molecule has 0 aliphatic rings. The van der Waals surface area contributed by atoms with Gasteiger partial charge in [0, 0.05) is 34.6 Å². The van der Waals surface area contributed by atoms with Gasteiger partial charge in [-0.15, -0.1) is 0 Å². The van der Waals surface area contributed by atoms with E-state index in [0.29, 0.717) is 4.47 Å². The van der Waals surface area contributed by atoms with Crippen LogP contribution in [0.1, 0.15) is 30.1 Å². The fourth-order valence-corrected chi connectivity index (χ4v) is 2.01. The Morgan fingerprint density at radius 1 is 1.45 bits per heavy atom. The normalized spacial score (nSPS) is 11.7. The van der Waals surface area contributed by atoms with E-state index in [1.165, 1.54) is 18.2 Å². The fraction of sp³-hybridized carbons (Fsp3) is 0.333. The average Bonchev–Trinajstić information content (AvgIpc) is 2.35. The molecule has 0 saturated carbocycles. The number of hydrogen-bond donors (Lipinski definition) is 2. The molecule has 1 aromatic carbocycles. The SMILES string of the molecule is CC(CCC(=O)O)NC(=O)c1cc(Br)cc([N+](=O)[O-])c1. The van der Waals surface area contributed by atoms with Gasteiger partial charge in [0.15, 0.2) is 0 Å². The summed E-state index contributed by atoms with van der Waals surface area (Å²) in [6.45, 7) is 1.67. The van der Waals surface area contributed by atoms with Crippen LogP contribution < -0.4 is 5.32 Å². The molecule has 7 nitrogen and oxygen atoms in total. The second-order valence-corrected chi connectivity index (χ2v) is 5.18. The Kier molecular flexibility index (Phi) is 5.63. The number of non-ortho nitro benzene ring substituents is 1. The molecule has 0 saturated heterocycles. The van der Waals surface area contributed by atoms with Gasteiger partial charge in [-0.25, -0.2) is 0 Å². The van der Waals surface area contributed by atoms with Crippen molar-refractivity contribution in [1.82, 2.24) is 5.32 Å². The lowest BCUT2D eigenvalue weighted by Gasteiger charge is -2.12. The van der Waals surface area contributed by atoms with E-state index in [2.05, 4.69) is 21.2 Å². The van der Waals surface area contributed by atoms with Crippen molar-refractivity contribution in [1.29, 1.82) is 0 Å². The minimum absolute atomic E-state index is 0.0555. The fourth-order valence-electron chi connectivity index (χ4n) is 1.53. The van der Waals surface area contributed by atoms with Crippen LogP contribution in [-0.2, 0) is 4.79 Å². The highest BCUT2D eigenvalue weighted by Gasteiger charge is 2.15. The summed E-state index contributed by atoms with van der Waals surface area (Å²) >= 11 is 3.10. The smallest absolute Gasteiger partial charge is 0.303 e. The van der Waals surface area contributed by atoms with Gasteiger partial charge < -0.3 is 10.4 Å². The first-order valence-corrected chi connectivity index (χ1v) is 6.56. The zero-order valence-corrected chi connectivity index (χ0v) is 12.2. The van der Waals surface area contributed by atoms with E-state index >= 15 is 0 Å². The lowest BCUT2D eigenvalue weighted by atomic mass is 10.1. The number of carboxylic acids is 1. The third-order valence-electron chi connectivity index (χ3n) is 2.52. The summed E-state index contributed by atoms with van der Waals surface area (Å²) in [6, 6.07) is 3.59. The van der Waals surface area contributed by atoms with E-state index in [9.17, 15) is 19.7 Å². The van der Waals surface area contributed by atoms with Crippen molar-refractivity contribution in [3.05, 3.63) is 38.3 Å². The number of carboxylic acid groups (broad SMARTS) is 1. The van der Waals surface area contributed by atoms with Crippen molar-refractivity contribution < 1.29 is 19.6 Å². The molecule has 0 heterocycles. The van der Waals surface area contributed by atoms with Crippen molar-refractivity contribution in [2.75, 3.05) is 0 Å². The largest absolute Gasteiger partial charge is 0.481 e. The molecule has 8 heteroatoms. The first kappa shape index (κ1) is 16.1. The molecule has 1 atom stereocenters. The third-order valence-corrected chi connectivity index (χ3v) is 2.98. The third kappa shape index (κ3) is 4.96. The Hall–Kier alpha value is -1.96. The number of carbonyl (C=O) groups is 2. The van der Waals surface area contributed by atoms with Gasteiger partial charge in [-0.05, 0) is 19.4 Å². The van der Waals surface area contributed by atoms with Gasteiger partial charge in [0.05, 0.1) is 4.92 Å². The summed E-state index contributed by atoms with van der Waals surface area (Å²) in [6.07, 6.45) is 0.233. The van der Waals surface area contributed by atoms with Crippen LogP contribution in [-0.4, -0.2) is 27.9 Å². The molecule has 108 valence electrons. The second-order valence-electron chi connectivity index (χ2n) is 4.26. The molecular weight excluding hydrogens is 332 g/mol. The number of aliphatic carboxylic acids is 1. The standard InChI is InChI=1S/C12H13BrN2O5/c1-7(2-3-11(16)17)14-12(18)8-4-9(13)6-10(5-8)15(19)20/h4-7H,2-3H2,1H3,(H,14,18)(H,16,17). The van der Waals surface area contributed by atoms with E-state index in [1.807, 2.05) is 0 Å². The van der Waals surface area contributed by atoms with Crippen LogP contribution in [0.25, 0.3) is 0 Å². The van der Waals surface area contributed by atoms with Crippen LogP contribution in [0.5, 0.6) is 0 Å². The maximum atomic E-state index is 11.9. The molecule has 0 aliphatic heterocycles. The van der Waals surface area contributed by atoms with E-state index < -0.39 is 16.8 Å². The maximum Gasteiger partial charge on any atom is 0.303 e. The van der Waals surface area contributed by atoms with E-state index in [1.54, 1.807) is 6.92 Å². The maximum absolute atomic E-state index is 11.9. The molecule has 1 aromatic rings. The Balaban J connectivity index is 2.77. The van der Waals surface area contributed by atoms with Crippen molar-refractivity contribution >= 4 is 33.5 Å². The monoisotopic (exact) mass is 344 g/mol. The van der Waals surface area contributed by atoms with Gasteiger partial charge >= 0.3 is 5.97 Å². The molecule has 0 fully saturated rings. The molecule has 20 heavy (non-hydrogen) atoms. The molecule has 2 N–H and O–H groups in total. The number of nitro benzene ring substituents is 1. The molecule has 0 spiro atoms. The van der Waals surface area contributed by atoms with E-state index in [-0.39, 0.29) is 30.1 Å². The number of hydrogen-bond acceptors (Lipinski definition) is 4. The Morgan fingerprint density at radius 3 is 2.65 bits per heavy atom. The van der Waals surface area contributed by atoms with Crippen LogP contribution in [0.15, 0.2) is 22.7 Å². The molecular formula is C12H13BrN2O5. The van der Waals surface area contributed by atoms with Gasteiger partial charge in [-0.3, -0.25) is 19.7 Å². The number of amides is 1. The van der Waals surface area contributed by atoms with Crippen molar-refractivity contribution in [3.8, 4) is 0 Å². The topological polar surface area (TPSA) is 110 Å². The molecule has 0 bridgehead atoms. The molecule has 1 rings (SSSR count). The predicted molar refractivity (Wildman–Crippen MR) is 74.6 cm³/mol. The summed E-state index contributed by atoms with van der Waals surface area (Å²) in [5, 5.41) is 21.9. The summed E-state index contributed by atoms with van der Waals surface area (Å²) < 4.78 is 0.426. The summed E-state index contributed by atoms with van der Waals surface area (Å²) in [4.78, 5) is 32.5. The molecule has 0 aliphatic carbocycles. The van der Waals surface area contributed by atoms with E-state index in [0.717, 1.165) is 0 Å². The summed E-state index contributed by atoms with van der Waals surface area (Å²) in [7, 11) is 0. The average molecular weight is 345 g/mol. The summed E-state index contributed by atoms with van der Waals surface area (Å²) in [5.74, 6) is -1.42. The quantitative estimate of drug-likeness (QED) is 0.607. The number of benzene rings is 1. The van der Waals surface area contributed by atoms with Crippen LogP contribution in [0, 0.1) is 10.1 Å². The molecule has 0 aromatic heterocycles. The Labute approximate surface area is 123 Å². The lowest BCUT2D eigenvalue weighted by Crippen LogP contribution is -2.33. The van der Waals surface area contributed by atoms with Gasteiger partial charge in [-0.2, -0.15) is 0 Å². The molecule has 0 radical (unpaired) electrons. The highest BCUT2D eigenvalue weighted by atomic mass is 79.9. The molecule has 1 unspecified atom stereocenters. The number of nitro groups is 1. The van der Waals surface area contributed by atoms with Crippen LogP contribution in [0.3, 0.4) is 0 Å². The number of nitrogens with one attached hydrogen (secondary N) is 1. The predicted octanol–water partition coefficient (Wildman–Crippen LogP) is 2.34. The Bertz CT molecular complexity index is 547. The molecule has 1 amide bonds. The van der Waals surface area contributed by atoms with E-state index in [4.69, 9.17) is 5.11 Å². The van der Waals surface area contributed by atoms with Crippen LogP contribution in [0.4, 0.5) is 5.69 Å². The highest BCUT2D eigenvalue weighted by molar-refractivity contribution is 9.10. The number of rotatable bonds is 6. The van der Waals surface area contributed by atoms with Gasteiger partial charge in [-0.1, -0.05) is 15.9 Å². The summed E-state index contributed by atoms with van der Waals surface area (Å²) in [5.41, 5.74) is -0.0454. The second kappa shape index (κ2) is 6.99. The van der Waals surface area contributed by atoms with Gasteiger partial charge in [0.25, 0.3) is 11.6 Å². The minimum atomic E-state index is -0.941. The Morgan fingerprint density at radius 2 is 2.10 bits per heavy atom. The van der Waals surface area contributed by atoms with Crippen molar-refractivity contribution in [2.24, 2.45) is 0 Å². The number of halogens is 1. The highest BCUT2D eigenvalue weighted by Crippen LogP contribution is 2.21. The number of carbonyl (C=O) groups excluding carboxylic acids is 1. The minimum Gasteiger partial charge on any atom is -0.481 e. The van der Waals surface area contributed by atoms with Gasteiger partial charge in [0.1, 0.15) is 0 Å². The van der Waals surface area contributed by atoms with Crippen molar-refractivity contribution in [3.63, 3.8) is 0 Å². The lowest BCUT2D eigenvalue weighted by molar-refractivity contribution is -0.385. The first-order valence-electron chi connectivity index (χ1n) is 5.77. The van der Waals surface area contributed by atoms with Crippen LogP contribution >= 0.6 is 15.9 Å². The zero-order chi connectivity index (χ0) is 15.3. The van der Waals surface area contributed by atoms with Gasteiger partial charge in [0.2, 0.25) is 0 Å². The van der Waals surface area contributed by atoms with Crippen molar-refractivity contribution in [2.45, 2.75) is 25.8 Å². The zero-order valence-electron chi connectivity index (χ0n) is 10.6.